The highest BCUT2D eigenvalue weighted by molar-refractivity contribution is 5.52. The van der Waals surface area contributed by atoms with Crippen LogP contribution in [0.3, 0.4) is 0 Å². The number of hydrogen-bond donors (Lipinski definition) is 2. The molecule has 0 radical (unpaired) electrons. The Kier molecular flexibility index (Phi) is 2.68. The largest absolute Gasteiger partial charge is 0.495 e. The molecule has 1 heterocycles. The van der Waals surface area contributed by atoms with Crippen molar-refractivity contribution in [3.05, 3.63) is 53.3 Å². The first-order valence-corrected chi connectivity index (χ1v) is 6.24. The number of aromatic nitrogens is 1. The molecular formula is C15H16N2O2. The number of aliphatic hydroxyl groups is 1. The minimum Gasteiger partial charge on any atom is -0.495 e. The molecule has 0 spiro atoms. The molecule has 1 unspecified atom stereocenters. The average molecular weight is 256 g/mol. The van der Waals surface area contributed by atoms with Crippen molar-refractivity contribution in [1.29, 1.82) is 0 Å². The van der Waals surface area contributed by atoms with E-state index in [2.05, 4.69) is 4.98 Å². The Balaban J connectivity index is 2.10. The predicted octanol–water partition coefficient (Wildman–Crippen LogP) is 1.85. The summed E-state index contributed by atoms with van der Waals surface area (Å²) in [6.45, 7) is 0. The van der Waals surface area contributed by atoms with Crippen LogP contribution in [0.2, 0.25) is 0 Å². The Morgan fingerprint density at radius 2 is 2.16 bits per heavy atom. The van der Waals surface area contributed by atoms with E-state index in [1.165, 1.54) is 0 Å². The van der Waals surface area contributed by atoms with Crippen LogP contribution in [0.15, 0.2) is 36.7 Å². The molecule has 98 valence electrons. The quantitative estimate of drug-likeness (QED) is 0.805. The number of aryl methyl sites for hydroxylation is 1. The summed E-state index contributed by atoms with van der Waals surface area (Å²) < 4.78 is 5.17. The second kappa shape index (κ2) is 4.24. The number of methoxy groups -OCH3 is 1. The average Bonchev–Trinajstić information content (AvgIpc) is 2.77. The van der Waals surface area contributed by atoms with Crippen LogP contribution in [0.4, 0.5) is 5.69 Å². The molecule has 0 aliphatic heterocycles. The van der Waals surface area contributed by atoms with Gasteiger partial charge in [0.2, 0.25) is 0 Å². The van der Waals surface area contributed by atoms with E-state index in [1.54, 1.807) is 19.5 Å². The highest BCUT2D eigenvalue weighted by atomic mass is 16.5. The van der Waals surface area contributed by atoms with Gasteiger partial charge in [-0.2, -0.15) is 0 Å². The van der Waals surface area contributed by atoms with Crippen LogP contribution in [0, 0.1) is 0 Å². The number of pyridine rings is 1. The van der Waals surface area contributed by atoms with Gasteiger partial charge in [0.05, 0.1) is 13.3 Å². The molecule has 0 fully saturated rings. The summed E-state index contributed by atoms with van der Waals surface area (Å²) in [6, 6.07) is 7.49. The molecule has 0 amide bonds. The van der Waals surface area contributed by atoms with E-state index in [0.717, 1.165) is 28.8 Å². The van der Waals surface area contributed by atoms with Crippen molar-refractivity contribution < 1.29 is 9.84 Å². The van der Waals surface area contributed by atoms with E-state index in [9.17, 15) is 5.11 Å². The molecule has 0 saturated carbocycles. The van der Waals surface area contributed by atoms with Crippen LogP contribution < -0.4 is 10.5 Å². The number of hydrogen-bond acceptors (Lipinski definition) is 4. The molecule has 3 rings (SSSR count). The summed E-state index contributed by atoms with van der Waals surface area (Å²) in [5.41, 5.74) is 8.30. The van der Waals surface area contributed by atoms with Crippen molar-refractivity contribution in [1.82, 2.24) is 4.98 Å². The third-order valence-corrected chi connectivity index (χ3v) is 3.76. The lowest BCUT2D eigenvalue weighted by atomic mass is 9.89. The summed E-state index contributed by atoms with van der Waals surface area (Å²) in [5, 5.41) is 11.0. The summed E-state index contributed by atoms with van der Waals surface area (Å²) >= 11 is 0. The summed E-state index contributed by atoms with van der Waals surface area (Å²) in [6.07, 6.45) is 4.77. The number of ether oxygens (including phenoxy) is 1. The second-order valence-electron chi connectivity index (χ2n) is 4.89. The summed E-state index contributed by atoms with van der Waals surface area (Å²) in [7, 11) is 1.59. The maximum absolute atomic E-state index is 11.0. The first-order chi connectivity index (χ1) is 9.13. The highest BCUT2D eigenvalue weighted by Gasteiger charge is 2.38. The van der Waals surface area contributed by atoms with E-state index in [0.29, 0.717) is 12.2 Å². The van der Waals surface area contributed by atoms with Gasteiger partial charge in [-0.15, -0.1) is 0 Å². The Bertz CT molecular complexity index is 627. The van der Waals surface area contributed by atoms with Crippen molar-refractivity contribution in [3.63, 3.8) is 0 Å². The maximum atomic E-state index is 11.0. The minimum atomic E-state index is -0.995. The molecule has 4 heteroatoms. The van der Waals surface area contributed by atoms with Crippen molar-refractivity contribution >= 4 is 5.69 Å². The van der Waals surface area contributed by atoms with Gasteiger partial charge in [0.15, 0.2) is 0 Å². The molecular weight excluding hydrogens is 240 g/mol. The van der Waals surface area contributed by atoms with E-state index < -0.39 is 5.60 Å². The molecule has 1 aliphatic carbocycles. The third kappa shape index (κ3) is 1.85. The number of nitrogens with zero attached hydrogens (tertiary/aromatic N) is 1. The molecule has 1 aliphatic rings. The Morgan fingerprint density at radius 3 is 2.95 bits per heavy atom. The fourth-order valence-corrected chi connectivity index (χ4v) is 2.73. The number of anilines is 1. The highest BCUT2D eigenvalue weighted by Crippen LogP contribution is 2.42. The molecule has 3 N–H and O–H groups in total. The molecule has 1 atom stereocenters. The minimum absolute atomic E-state index is 0.640. The third-order valence-electron chi connectivity index (χ3n) is 3.76. The summed E-state index contributed by atoms with van der Waals surface area (Å²) in [4.78, 5) is 4.13. The van der Waals surface area contributed by atoms with Crippen LogP contribution in [0.5, 0.6) is 5.75 Å². The van der Waals surface area contributed by atoms with Crippen LogP contribution in [-0.4, -0.2) is 17.2 Å². The van der Waals surface area contributed by atoms with Crippen molar-refractivity contribution in [3.8, 4) is 5.75 Å². The normalized spacial score (nSPS) is 21.2. The molecule has 2 aromatic rings. The van der Waals surface area contributed by atoms with Crippen LogP contribution >= 0.6 is 0 Å². The zero-order valence-corrected chi connectivity index (χ0v) is 10.8. The second-order valence-corrected chi connectivity index (χ2v) is 4.89. The Labute approximate surface area is 111 Å². The Hall–Kier alpha value is -2.07. The zero-order valence-electron chi connectivity index (χ0n) is 10.8. The van der Waals surface area contributed by atoms with Crippen LogP contribution in [0.1, 0.15) is 23.1 Å². The van der Waals surface area contributed by atoms with Gasteiger partial charge in [0, 0.05) is 17.4 Å². The lowest BCUT2D eigenvalue weighted by Crippen LogP contribution is -2.24. The van der Waals surface area contributed by atoms with Crippen molar-refractivity contribution in [2.45, 2.75) is 18.4 Å². The van der Waals surface area contributed by atoms with Crippen LogP contribution in [-0.2, 0) is 12.0 Å². The van der Waals surface area contributed by atoms with E-state index >= 15 is 0 Å². The molecule has 1 aromatic heterocycles. The summed E-state index contributed by atoms with van der Waals surface area (Å²) in [5.74, 6) is 0.648. The molecule has 0 bridgehead atoms. The van der Waals surface area contributed by atoms with Crippen molar-refractivity contribution in [2.24, 2.45) is 0 Å². The number of rotatable bonds is 2. The molecule has 0 saturated heterocycles. The fourth-order valence-electron chi connectivity index (χ4n) is 2.73. The van der Waals surface area contributed by atoms with Gasteiger partial charge in [-0.1, -0.05) is 6.07 Å². The van der Waals surface area contributed by atoms with E-state index in [1.807, 2.05) is 24.3 Å². The molecule has 4 nitrogen and oxygen atoms in total. The Morgan fingerprint density at radius 1 is 1.32 bits per heavy atom. The molecule has 19 heavy (non-hydrogen) atoms. The van der Waals surface area contributed by atoms with E-state index in [-0.39, 0.29) is 0 Å². The van der Waals surface area contributed by atoms with E-state index in [4.69, 9.17) is 10.5 Å². The first kappa shape index (κ1) is 12.0. The lowest BCUT2D eigenvalue weighted by Gasteiger charge is -2.24. The van der Waals surface area contributed by atoms with Gasteiger partial charge in [-0.05, 0) is 42.2 Å². The number of nitrogens with two attached hydrogens (primary N) is 1. The monoisotopic (exact) mass is 256 g/mol. The SMILES string of the molecule is COc1cncc(C2(O)CCc3cc(N)ccc32)c1. The van der Waals surface area contributed by atoms with Crippen molar-refractivity contribution in [2.75, 3.05) is 12.8 Å². The molecule has 1 aromatic carbocycles. The number of benzene rings is 1. The standard InChI is InChI=1S/C15H16N2O2/c1-19-13-7-11(8-17-9-13)15(18)5-4-10-6-12(16)2-3-14(10)15/h2-3,6-9,18H,4-5,16H2,1H3. The lowest BCUT2D eigenvalue weighted by molar-refractivity contribution is 0.0823. The smallest absolute Gasteiger partial charge is 0.137 e. The maximum Gasteiger partial charge on any atom is 0.137 e. The zero-order chi connectivity index (χ0) is 13.5. The van der Waals surface area contributed by atoms with Gasteiger partial charge in [-0.3, -0.25) is 4.98 Å². The van der Waals surface area contributed by atoms with Crippen LogP contribution in [0.25, 0.3) is 0 Å². The first-order valence-electron chi connectivity index (χ1n) is 6.24. The van der Waals surface area contributed by atoms with Gasteiger partial charge < -0.3 is 15.6 Å². The van der Waals surface area contributed by atoms with Gasteiger partial charge in [0.25, 0.3) is 0 Å². The van der Waals surface area contributed by atoms with Gasteiger partial charge >= 0.3 is 0 Å². The predicted molar refractivity (Wildman–Crippen MR) is 73.0 cm³/mol. The number of nitrogen functional groups attached to an aromatic ring is 1. The van der Waals surface area contributed by atoms with Gasteiger partial charge in [-0.25, -0.2) is 0 Å². The van der Waals surface area contributed by atoms with Gasteiger partial charge in [0.1, 0.15) is 11.4 Å². The fraction of sp³-hybridized carbons (Fsp3) is 0.267. The number of fused-ring (bicyclic) bond motifs is 1. The topological polar surface area (TPSA) is 68.4 Å².